The van der Waals surface area contributed by atoms with E-state index in [0.717, 1.165) is 0 Å². The average molecular weight is 282 g/mol. The molecule has 0 atom stereocenters. The van der Waals surface area contributed by atoms with E-state index in [1.54, 1.807) is 25.1 Å². The highest BCUT2D eigenvalue weighted by molar-refractivity contribution is 6.36. The van der Waals surface area contributed by atoms with Crippen LogP contribution >= 0.6 is 23.2 Å². The van der Waals surface area contributed by atoms with Crippen molar-refractivity contribution in [3.8, 4) is 0 Å². The van der Waals surface area contributed by atoms with Gasteiger partial charge in [-0.1, -0.05) is 29.8 Å². The summed E-state index contributed by atoms with van der Waals surface area (Å²) in [4.78, 5) is 19.8. The zero-order chi connectivity index (χ0) is 13.3. The SMILES string of the molecule is C=C1C(=O)NC(=Nc2ccc(Cl)cc2Cl)N=C1C. The number of halogens is 2. The lowest BCUT2D eigenvalue weighted by Gasteiger charge is -2.13. The van der Waals surface area contributed by atoms with Crippen LogP contribution < -0.4 is 5.32 Å². The van der Waals surface area contributed by atoms with Crippen molar-refractivity contribution in [2.45, 2.75) is 6.92 Å². The first-order chi connectivity index (χ1) is 8.47. The fourth-order valence-electron chi connectivity index (χ4n) is 1.33. The summed E-state index contributed by atoms with van der Waals surface area (Å²) >= 11 is 11.8. The molecule has 1 aromatic carbocycles. The molecule has 0 fully saturated rings. The molecule has 0 bridgehead atoms. The van der Waals surface area contributed by atoms with Gasteiger partial charge in [-0.2, -0.15) is 0 Å². The van der Waals surface area contributed by atoms with Crippen LogP contribution in [0.15, 0.2) is 40.3 Å². The molecule has 1 amide bonds. The van der Waals surface area contributed by atoms with E-state index in [1.165, 1.54) is 0 Å². The number of hydrogen-bond acceptors (Lipinski definition) is 2. The number of aliphatic imine (C=N–C) groups is 2. The normalized spacial score (nSPS) is 17.7. The van der Waals surface area contributed by atoms with Gasteiger partial charge in [0.2, 0.25) is 5.96 Å². The Morgan fingerprint density at radius 1 is 1.39 bits per heavy atom. The summed E-state index contributed by atoms with van der Waals surface area (Å²) in [6, 6.07) is 4.88. The van der Waals surface area contributed by atoms with E-state index in [9.17, 15) is 4.79 Å². The maximum absolute atomic E-state index is 11.5. The molecule has 0 unspecified atom stereocenters. The Bertz CT molecular complexity index is 605. The summed E-state index contributed by atoms with van der Waals surface area (Å²) in [6.45, 7) is 5.30. The number of nitrogens with one attached hydrogen (secondary N) is 1. The second-order valence-corrected chi connectivity index (χ2v) is 4.50. The van der Waals surface area contributed by atoms with Crippen molar-refractivity contribution in [1.29, 1.82) is 0 Å². The fourth-order valence-corrected chi connectivity index (χ4v) is 1.79. The van der Waals surface area contributed by atoms with Gasteiger partial charge >= 0.3 is 0 Å². The Kier molecular flexibility index (Phi) is 3.50. The molecule has 6 heteroatoms. The molecule has 0 aromatic heterocycles. The maximum Gasteiger partial charge on any atom is 0.259 e. The Hall–Kier alpha value is -1.65. The van der Waals surface area contributed by atoms with Crippen LogP contribution in [-0.2, 0) is 4.79 Å². The van der Waals surface area contributed by atoms with Crippen LogP contribution in [-0.4, -0.2) is 17.6 Å². The van der Waals surface area contributed by atoms with Gasteiger partial charge in [-0.3, -0.25) is 10.1 Å². The minimum atomic E-state index is -0.314. The Morgan fingerprint density at radius 3 is 2.72 bits per heavy atom. The van der Waals surface area contributed by atoms with Crippen molar-refractivity contribution in [3.05, 3.63) is 40.4 Å². The van der Waals surface area contributed by atoms with Crippen LogP contribution in [0.5, 0.6) is 0 Å². The number of carbonyl (C=O) groups is 1. The molecule has 1 N–H and O–H groups in total. The maximum atomic E-state index is 11.5. The highest BCUT2D eigenvalue weighted by atomic mass is 35.5. The van der Waals surface area contributed by atoms with Gasteiger partial charge < -0.3 is 0 Å². The first-order valence-electron chi connectivity index (χ1n) is 5.07. The topological polar surface area (TPSA) is 53.8 Å². The molecule has 0 saturated carbocycles. The molecule has 4 nitrogen and oxygen atoms in total. The molecule has 0 saturated heterocycles. The lowest BCUT2D eigenvalue weighted by atomic mass is 10.2. The van der Waals surface area contributed by atoms with Gasteiger partial charge in [0.25, 0.3) is 5.91 Å². The Balaban J connectivity index is 2.40. The second-order valence-electron chi connectivity index (χ2n) is 3.66. The number of carbonyl (C=O) groups excluding carboxylic acids is 1. The van der Waals surface area contributed by atoms with Crippen LogP contribution in [0, 0.1) is 0 Å². The van der Waals surface area contributed by atoms with Crippen LogP contribution in [0.4, 0.5) is 5.69 Å². The lowest BCUT2D eigenvalue weighted by Crippen LogP contribution is -2.37. The van der Waals surface area contributed by atoms with Crippen molar-refractivity contribution in [3.63, 3.8) is 0 Å². The monoisotopic (exact) mass is 281 g/mol. The van der Waals surface area contributed by atoms with Crippen LogP contribution in [0.3, 0.4) is 0 Å². The summed E-state index contributed by atoms with van der Waals surface area (Å²) in [5.74, 6) is -0.125. The number of rotatable bonds is 1. The van der Waals surface area contributed by atoms with E-state index in [0.29, 0.717) is 27.0 Å². The summed E-state index contributed by atoms with van der Waals surface area (Å²) in [6.07, 6.45) is 0. The molecule has 1 aliphatic heterocycles. The van der Waals surface area contributed by atoms with Crippen LogP contribution in [0.2, 0.25) is 10.0 Å². The molecule has 0 aliphatic carbocycles. The summed E-state index contributed by atoms with van der Waals surface area (Å²) in [5, 5.41) is 3.43. The largest absolute Gasteiger partial charge is 0.290 e. The first-order valence-corrected chi connectivity index (χ1v) is 5.82. The van der Waals surface area contributed by atoms with Crippen molar-refractivity contribution in [2.24, 2.45) is 9.98 Å². The van der Waals surface area contributed by atoms with E-state index in [4.69, 9.17) is 23.2 Å². The number of benzene rings is 1. The number of amides is 1. The lowest BCUT2D eigenvalue weighted by molar-refractivity contribution is -0.115. The number of guanidine groups is 1. The average Bonchev–Trinajstić information content (AvgIpc) is 2.29. The van der Waals surface area contributed by atoms with Gasteiger partial charge in [0.15, 0.2) is 0 Å². The predicted molar refractivity (Wildman–Crippen MR) is 73.9 cm³/mol. The van der Waals surface area contributed by atoms with E-state index < -0.39 is 0 Å². The minimum Gasteiger partial charge on any atom is -0.290 e. The van der Waals surface area contributed by atoms with Gasteiger partial charge in [0.05, 0.1) is 22.0 Å². The quantitative estimate of drug-likeness (QED) is 0.790. The molecule has 1 aliphatic rings. The van der Waals surface area contributed by atoms with Crippen molar-refractivity contribution in [1.82, 2.24) is 5.32 Å². The minimum absolute atomic E-state index is 0.189. The van der Waals surface area contributed by atoms with E-state index >= 15 is 0 Å². The van der Waals surface area contributed by atoms with Crippen LogP contribution in [0.1, 0.15) is 6.92 Å². The summed E-state index contributed by atoms with van der Waals surface area (Å²) < 4.78 is 0. The molecule has 0 spiro atoms. The molecule has 92 valence electrons. The summed E-state index contributed by atoms with van der Waals surface area (Å²) in [5.41, 5.74) is 1.35. The summed E-state index contributed by atoms with van der Waals surface area (Å²) in [7, 11) is 0. The molecule has 1 aromatic rings. The predicted octanol–water partition coefficient (Wildman–Crippen LogP) is 3.13. The second kappa shape index (κ2) is 4.92. The van der Waals surface area contributed by atoms with Crippen molar-refractivity contribution in [2.75, 3.05) is 0 Å². The number of nitrogens with zero attached hydrogens (tertiary/aromatic N) is 2. The van der Waals surface area contributed by atoms with Crippen molar-refractivity contribution < 1.29 is 4.79 Å². The molecule has 1 heterocycles. The third kappa shape index (κ3) is 2.60. The van der Waals surface area contributed by atoms with Crippen molar-refractivity contribution >= 4 is 46.5 Å². The van der Waals surface area contributed by atoms with E-state index in [2.05, 4.69) is 21.9 Å². The zero-order valence-corrected chi connectivity index (χ0v) is 11.0. The van der Waals surface area contributed by atoms with Gasteiger partial charge in [0, 0.05) is 5.02 Å². The Morgan fingerprint density at radius 2 is 2.11 bits per heavy atom. The highest BCUT2D eigenvalue weighted by Crippen LogP contribution is 2.28. The zero-order valence-electron chi connectivity index (χ0n) is 9.50. The standard InChI is InChI=1S/C12H9Cl2N3O/c1-6-7(2)15-12(17-11(6)18)16-10-4-3-8(13)5-9(10)14/h3-5H,1H2,2H3,(H,16,17,18). The molecular formula is C12H9Cl2N3O. The van der Waals surface area contributed by atoms with E-state index in [1.807, 2.05) is 0 Å². The van der Waals surface area contributed by atoms with Gasteiger partial charge in [-0.15, -0.1) is 0 Å². The smallest absolute Gasteiger partial charge is 0.259 e. The van der Waals surface area contributed by atoms with Gasteiger partial charge in [0.1, 0.15) is 0 Å². The third-order valence-electron chi connectivity index (χ3n) is 2.35. The third-order valence-corrected chi connectivity index (χ3v) is 2.88. The number of hydrogen-bond donors (Lipinski definition) is 1. The van der Waals surface area contributed by atoms with Crippen LogP contribution in [0.25, 0.3) is 0 Å². The molecule has 18 heavy (non-hydrogen) atoms. The van der Waals surface area contributed by atoms with Gasteiger partial charge in [-0.05, 0) is 25.1 Å². The highest BCUT2D eigenvalue weighted by Gasteiger charge is 2.18. The molecular weight excluding hydrogens is 273 g/mol. The molecule has 2 rings (SSSR count). The Labute approximate surface area is 114 Å². The fraction of sp³-hybridized carbons (Fsp3) is 0.0833. The van der Waals surface area contributed by atoms with Gasteiger partial charge in [-0.25, -0.2) is 9.98 Å². The molecule has 0 radical (unpaired) electrons. The van der Waals surface area contributed by atoms with E-state index in [-0.39, 0.29) is 11.9 Å². The first kappa shape index (κ1) is 12.8.